The van der Waals surface area contributed by atoms with Crippen LogP contribution in [0.2, 0.25) is 10.0 Å². The molecule has 0 amide bonds. The second-order valence-corrected chi connectivity index (χ2v) is 7.47. The number of rotatable bonds is 6. The lowest BCUT2D eigenvalue weighted by molar-refractivity contribution is -0.143. The summed E-state index contributed by atoms with van der Waals surface area (Å²) in [6.07, 6.45) is 0. The Kier molecular flexibility index (Phi) is 6.39. The molecule has 1 N–H and O–H groups in total. The predicted octanol–water partition coefficient (Wildman–Crippen LogP) is 2.89. The van der Waals surface area contributed by atoms with Crippen LogP contribution >= 0.6 is 23.2 Å². The van der Waals surface area contributed by atoms with Gasteiger partial charge in [0.2, 0.25) is 10.0 Å². The lowest BCUT2D eigenvalue weighted by Gasteiger charge is -2.09. The molecule has 0 fully saturated rings. The van der Waals surface area contributed by atoms with E-state index in [4.69, 9.17) is 33.2 Å². The molecule has 9 heteroatoms. The highest BCUT2D eigenvalue weighted by Gasteiger charge is 2.16. The fraction of sp³-hybridized carbons (Fsp3) is 0.125. The first-order chi connectivity index (χ1) is 11.8. The molecule has 2 aromatic carbocycles. The number of carbonyl (C=O) groups is 1. The van der Waals surface area contributed by atoms with E-state index < -0.39 is 22.5 Å². The molecule has 130 valence electrons. The summed E-state index contributed by atoms with van der Waals surface area (Å²) in [6, 6.07) is 11.9. The summed E-state index contributed by atoms with van der Waals surface area (Å²) >= 11 is 11.7. The summed E-state index contributed by atoms with van der Waals surface area (Å²) in [4.78, 5) is 11.7. The summed E-state index contributed by atoms with van der Waals surface area (Å²) in [6.45, 7) is -0.638. The minimum absolute atomic E-state index is 0.0555. The Balaban J connectivity index is 1.91. The van der Waals surface area contributed by atoms with Crippen molar-refractivity contribution >= 4 is 39.2 Å². The third kappa shape index (κ3) is 5.44. The number of nitrogens with one attached hydrogen (secondary N) is 1. The smallest absolute Gasteiger partial charge is 0.321 e. The van der Waals surface area contributed by atoms with E-state index in [2.05, 4.69) is 4.72 Å². The number of nitriles is 1. The highest BCUT2D eigenvalue weighted by Crippen LogP contribution is 2.21. The zero-order valence-corrected chi connectivity index (χ0v) is 15.0. The molecule has 0 unspecified atom stereocenters. The van der Waals surface area contributed by atoms with E-state index in [-0.39, 0.29) is 11.5 Å². The van der Waals surface area contributed by atoms with Gasteiger partial charge >= 0.3 is 5.97 Å². The van der Waals surface area contributed by atoms with Gasteiger partial charge in [-0.3, -0.25) is 4.79 Å². The maximum Gasteiger partial charge on any atom is 0.321 e. The maximum absolute atomic E-state index is 12.1. The topological polar surface area (TPSA) is 96.3 Å². The molecular weight excluding hydrogens is 387 g/mol. The van der Waals surface area contributed by atoms with E-state index in [1.165, 1.54) is 30.3 Å². The van der Waals surface area contributed by atoms with Crippen LogP contribution in [0.4, 0.5) is 0 Å². The Morgan fingerprint density at radius 1 is 1.16 bits per heavy atom. The number of halogens is 2. The second-order valence-electron chi connectivity index (χ2n) is 4.86. The first kappa shape index (κ1) is 19.2. The first-order valence-electron chi connectivity index (χ1n) is 6.91. The van der Waals surface area contributed by atoms with E-state index in [0.717, 1.165) is 0 Å². The highest BCUT2D eigenvalue weighted by atomic mass is 35.5. The number of benzene rings is 2. The predicted molar refractivity (Wildman–Crippen MR) is 92.6 cm³/mol. The lowest BCUT2D eigenvalue weighted by Crippen LogP contribution is -2.30. The van der Waals surface area contributed by atoms with Gasteiger partial charge in [0.25, 0.3) is 0 Å². The molecule has 25 heavy (non-hydrogen) atoms. The molecule has 0 atom stereocenters. The Morgan fingerprint density at radius 3 is 2.44 bits per heavy atom. The number of hydrogen-bond donors (Lipinski definition) is 1. The van der Waals surface area contributed by atoms with Gasteiger partial charge < -0.3 is 4.74 Å². The molecule has 0 aliphatic rings. The quantitative estimate of drug-likeness (QED) is 0.754. The Hall–Kier alpha value is -2.11. The zero-order valence-electron chi connectivity index (χ0n) is 12.7. The van der Waals surface area contributed by atoms with Gasteiger partial charge in [0.1, 0.15) is 13.2 Å². The van der Waals surface area contributed by atoms with Gasteiger partial charge in [-0.2, -0.15) is 9.98 Å². The van der Waals surface area contributed by atoms with Crippen molar-refractivity contribution in [2.45, 2.75) is 11.5 Å². The molecule has 0 bridgehead atoms. The SMILES string of the molecule is N#Cc1ccc(S(=O)(=O)NCC(=O)OCc2ccc(Cl)cc2Cl)cc1. The molecule has 0 radical (unpaired) electrons. The lowest BCUT2D eigenvalue weighted by atomic mass is 10.2. The van der Waals surface area contributed by atoms with Gasteiger partial charge in [0, 0.05) is 15.6 Å². The standard InChI is InChI=1S/C16H12Cl2N2O4S/c17-13-4-3-12(15(18)7-13)10-24-16(21)9-20-25(22,23)14-5-1-11(8-19)2-6-14/h1-7,20H,9-10H2. The van der Waals surface area contributed by atoms with Crippen molar-refractivity contribution in [1.82, 2.24) is 4.72 Å². The van der Waals surface area contributed by atoms with Crippen LogP contribution in [0.25, 0.3) is 0 Å². The first-order valence-corrected chi connectivity index (χ1v) is 9.15. The van der Waals surface area contributed by atoms with Crippen molar-refractivity contribution in [2.24, 2.45) is 0 Å². The molecule has 0 aliphatic carbocycles. The summed E-state index contributed by atoms with van der Waals surface area (Å²) in [7, 11) is -3.88. The van der Waals surface area contributed by atoms with Crippen LogP contribution in [0, 0.1) is 11.3 Å². The largest absolute Gasteiger partial charge is 0.460 e. The second kappa shape index (κ2) is 8.32. The van der Waals surface area contributed by atoms with Crippen LogP contribution < -0.4 is 4.72 Å². The van der Waals surface area contributed by atoms with E-state index in [1.54, 1.807) is 12.1 Å². The number of ether oxygens (including phenoxy) is 1. The average molecular weight is 399 g/mol. The normalized spacial score (nSPS) is 10.9. The van der Waals surface area contributed by atoms with Crippen molar-refractivity contribution in [3.63, 3.8) is 0 Å². The number of nitrogens with zero attached hydrogens (tertiary/aromatic N) is 1. The van der Waals surface area contributed by atoms with Crippen LogP contribution in [0.3, 0.4) is 0 Å². The monoisotopic (exact) mass is 398 g/mol. The number of sulfonamides is 1. The Labute approximate surface area is 155 Å². The number of esters is 1. The molecule has 0 saturated carbocycles. The van der Waals surface area contributed by atoms with Gasteiger partial charge in [0.15, 0.2) is 0 Å². The van der Waals surface area contributed by atoms with Crippen LogP contribution in [-0.4, -0.2) is 20.9 Å². The van der Waals surface area contributed by atoms with Crippen molar-refractivity contribution in [3.8, 4) is 6.07 Å². The van der Waals surface area contributed by atoms with Crippen molar-refractivity contribution < 1.29 is 17.9 Å². The van der Waals surface area contributed by atoms with Crippen LogP contribution in [0.1, 0.15) is 11.1 Å². The van der Waals surface area contributed by atoms with E-state index in [1.807, 2.05) is 6.07 Å². The number of carbonyl (C=O) groups excluding carboxylic acids is 1. The Bertz CT molecular complexity index is 922. The van der Waals surface area contributed by atoms with Crippen LogP contribution in [-0.2, 0) is 26.2 Å². The molecule has 6 nitrogen and oxygen atoms in total. The summed E-state index contributed by atoms with van der Waals surface area (Å²) in [5, 5.41) is 9.50. The zero-order chi connectivity index (χ0) is 18.4. The van der Waals surface area contributed by atoms with Gasteiger partial charge in [-0.15, -0.1) is 0 Å². The van der Waals surface area contributed by atoms with Crippen molar-refractivity contribution in [3.05, 3.63) is 63.6 Å². The molecule has 0 heterocycles. The van der Waals surface area contributed by atoms with E-state index in [9.17, 15) is 13.2 Å². The van der Waals surface area contributed by atoms with Crippen molar-refractivity contribution in [1.29, 1.82) is 5.26 Å². The fourth-order valence-corrected chi connectivity index (χ4v) is 3.23. The molecule has 0 saturated heterocycles. The van der Waals surface area contributed by atoms with E-state index in [0.29, 0.717) is 21.2 Å². The minimum Gasteiger partial charge on any atom is -0.460 e. The molecule has 0 aliphatic heterocycles. The van der Waals surface area contributed by atoms with E-state index >= 15 is 0 Å². The Morgan fingerprint density at radius 2 is 1.84 bits per heavy atom. The molecular formula is C16H12Cl2N2O4S. The molecule has 2 rings (SSSR count). The third-order valence-corrected chi connectivity index (χ3v) is 5.11. The van der Waals surface area contributed by atoms with Crippen LogP contribution in [0.15, 0.2) is 47.4 Å². The van der Waals surface area contributed by atoms with Gasteiger partial charge in [-0.25, -0.2) is 8.42 Å². The maximum atomic E-state index is 12.1. The summed E-state index contributed by atoms with van der Waals surface area (Å²) in [5.41, 5.74) is 0.882. The number of hydrogen-bond acceptors (Lipinski definition) is 5. The summed E-state index contributed by atoms with van der Waals surface area (Å²) in [5.74, 6) is -0.761. The molecule has 0 aromatic heterocycles. The molecule has 0 spiro atoms. The molecule has 2 aromatic rings. The van der Waals surface area contributed by atoms with Gasteiger partial charge in [-0.05, 0) is 36.4 Å². The van der Waals surface area contributed by atoms with Gasteiger partial charge in [0.05, 0.1) is 16.5 Å². The van der Waals surface area contributed by atoms with Crippen LogP contribution in [0.5, 0.6) is 0 Å². The highest BCUT2D eigenvalue weighted by molar-refractivity contribution is 7.89. The average Bonchev–Trinajstić information content (AvgIpc) is 2.59. The van der Waals surface area contributed by atoms with Gasteiger partial charge in [-0.1, -0.05) is 29.3 Å². The third-order valence-electron chi connectivity index (χ3n) is 3.10. The van der Waals surface area contributed by atoms with Crippen molar-refractivity contribution in [2.75, 3.05) is 6.54 Å². The fourth-order valence-electron chi connectivity index (χ4n) is 1.79. The summed E-state index contributed by atoms with van der Waals surface area (Å²) < 4.78 is 31.2. The minimum atomic E-state index is -3.88.